The molecule has 0 aromatic rings. The topological polar surface area (TPSA) is 64.8 Å². The van der Waals surface area contributed by atoms with Gasteiger partial charge in [-0.15, -0.1) is 0 Å². The number of carbonyl (C=O) groups excluding carboxylic acids is 1. The average Bonchev–Trinajstić information content (AvgIpc) is 2.46. The van der Waals surface area contributed by atoms with Gasteiger partial charge in [-0.1, -0.05) is 0 Å². The number of likely N-dealkylation sites (tertiary alicyclic amines) is 1. The van der Waals surface area contributed by atoms with Crippen LogP contribution in [-0.4, -0.2) is 50.4 Å². The van der Waals surface area contributed by atoms with Crippen LogP contribution in [0.4, 0.5) is 0 Å². The first kappa shape index (κ1) is 13.8. The molecule has 2 saturated heterocycles. The van der Waals surface area contributed by atoms with Crippen molar-refractivity contribution in [3.63, 3.8) is 0 Å². The number of carbonyl (C=O) groups is 1. The molecule has 0 amide bonds. The van der Waals surface area contributed by atoms with Gasteiger partial charge in [-0.05, 0) is 38.1 Å². The third-order valence-electron chi connectivity index (χ3n) is 3.98. The molecule has 0 aromatic heterocycles. The highest BCUT2D eigenvalue weighted by atomic mass is 16.5. The Morgan fingerprint density at radius 2 is 1.89 bits per heavy atom. The first-order valence-electron chi connectivity index (χ1n) is 6.96. The van der Waals surface area contributed by atoms with Crippen molar-refractivity contribution in [3.05, 3.63) is 0 Å². The molecule has 2 heterocycles. The minimum absolute atomic E-state index is 0.0420. The zero-order valence-corrected chi connectivity index (χ0v) is 11.0. The summed E-state index contributed by atoms with van der Waals surface area (Å²) in [5.41, 5.74) is 5.65. The van der Waals surface area contributed by atoms with Crippen molar-refractivity contribution < 1.29 is 14.3 Å². The van der Waals surface area contributed by atoms with Gasteiger partial charge in [0, 0.05) is 26.3 Å². The predicted molar refractivity (Wildman–Crippen MR) is 67.9 cm³/mol. The molecule has 5 heteroatoms. The Morgan fingerprint density at radius 3 is 2.50 bits per heavy atom. The van der Waals surface area contributed by atoms with Gasteiger partial charge in [0.05, 0.1) is 5.92 Å². The summed E-state index contributed by atoms with van der Waals surface area (Å²) in [7, 11) is 0. The van der Waals surface area contributed by atoms with Crippen LogP contribution in [0.25, 0.3) is 0 Å². The van der Waals surface area contributed by atoms with Crippen LogP contribution < -0.4 is 5.73 Å². The average molecular weight is 256 g/mol. The summed E-state index contributed by atoms with van der Waals surface area (Å²) in [5.74, 6) is 0.632. The first-order valence-corrected chi connectivity index (χ1v) is 6.96. The number of esters is 1. The van der Waals surface area contributed by atoms with Gasteiger partial charge < -0.3 is 15.2 Å². The minimum atomic E-state index is -0.0563. The third kappa shape index (κ3) is 3.93. The smallest absolute Gasteiger partial charge is 0.310 e. The lowest BCUT2D eigenvalue weighted by Gasteiger charge is -2.31. The van der Waals surface area contributed by atoms with Crippen molar-refractivity contribution in [2.45, 2.75) is 25.7 Å². The van der Waals surface area contributed by atoms with Gasteiger partial charge in [-0.25, -0.2) is 0 Å². The Balaban J connectivity index is 1.63. The van der Waals surface area contributed by atoms with Crippen LogP contribution in [-0.2, 0) is 14.3 Å². The molecule has 0 aromatic carbocycles. The maximum Gasteiger partial charge on any atom is 0.310 e. The summed E-state index contributed by atoms with van der Waals surface area (Å²) in [6.07, 6.45) is 3.83. The van der Waals surface area contributed by atoms with Gasteiger partial charge in [-0.2, -0.15) is 0 Å². The number of nitrogens with zero attached hydrogens (tertiary/aromatic N) is 1. The number of ether oxygens (including phenoxy) is 2. The lowest BCUT2D eigenvalue weighted by atomic mass is 9.97. The standard InChI is InChI=1S/C13H24N2O3/c14-9-11-1-5-15(6-2-11)10-18-13(16)12-3-7-17-8-4-12/h11-12H,1-10,14H2. The van der Waals surface area contributed by atoms with Gasteiger partial charge in [0.25, 0.3) is 0 Å². The summed E-state index contributed by atoms with van der Waals surface area (Å²) in [6, 6.07) is 0. The summed E-state index contributed by atoms with van der Waals surface area (Å²) < 4.78 is 10.6. The van der Waals surface area contributed by atoms with Crippen LogP contribution in [0.5, 0.6) is 0 Å². The molecule has 2 fully saturated rings. The fourth-order valence-electron chi connectivity index (χ4n) is 2.56. The lowest BCUT2D eigenvalue weighted by molar-refractivity contribution is -0.157. The molecule has 0 bridgehead atoms. The summed E-state index contributed by atoms with van der Waals surface area (Å²) >= 11 is 0. The molecule has 2 N–H and O–H groups in total. The molecule has 18 heavy (non-hydrogen) atoms. The van der Waals surface area contributed by atoms with Gasteiger partial charge in [0.1, 0.15) is 6.73 Å². The Bertz CT molecular complexity index is 259. The Morgan fingerprint density at radius 1 is 1.22 bits per heavy atom. The van der Waals surface area contributed by atoms with E-state index in [-0.39, 0.29) is 11.9 Å². The van der Waals surface area contributed by atoms with E-state index in [1.165, 1.54) is 0 Å². The second-order valence-electron chi connectivity index (χ2n) is 5.28. The Kier molecular flexibility index (Phi) is 5.41. The fraction of sp³-hybridized carbons (Fsp3) is 0.923. The number of piperidine rings is 1. The SMILES string of the molecule is NCC1CCN(COC(=O)C2CCOCC2)CC1. The second-order valence-corrected chi connectivity index (χ2v) is 5.28. The molecule has 2 aliphatic rings. The molecule has 0 saturated carbocycles. The molecule has 0 spiro atoms. The van der Waals surface area contributed by atoms with Crippen LogP contribution in [0.2, 0.25) is 0 Å². The van der Waals surface area contributed by atoms with Crippen molar-refractivity contribution in [2.75, 3.05) is 39.6 Å². The zero-order valence-electron chi connectivity index (χ0n) is 11.0. The van der Waals surface area contributed by atoms with E-state index in [0.717, 1.165) is 45.3 Å². The number of nitrogens with two attached hydrogens (primary N) is 1. The maximum atomic E-state index is 11.8. The second kappa shape index (κ2) is 7.07. The van der Waals surface area contributed by atoms with E-state index in [9.17, 15) is 4.79 Å². The van der Waals surface area contributed by atoms with Crippen LogP contribution in [0.15, 0.2) is 0 Å². The number of rotatable bonds is 4. The highest BCUT2D eigenvalue weighted by molar-refractivity contribution is 5.72. The first-order chi connectivity index (χ1) is 8.79. The van der Waals surface area contributed by atoms with E-state index in [0.29, 0.717) is 25.9 Å². The van der Waals surface area contributed by atoms with Crippen LogP contribution in [0, 0.1) is 11.8 Å². The van der Waals surface area contributed by atoms with Crippen molar-refractivity contribution in [2.24, 2.45) is 17.6 Å². The molecule has 0 aliphatic carbocycles. The highest BCUT2D eigenvalue weighted by Gasteiger charge is 2.24. The van der Waals surface area contributed by atoms with E-state index >= 15 is 0 Å². The zero-order chi connectivity index (χ0) is 12.8. The van der Waals surface area contributed by atoms with Gasteiger partial charge >= 0.3 is 5.97 Å². The van der Waals surface area contributed by atoms with Crippen LogP contribution >= 0.6 is 0 Å². The molecule has 2 aliphatic heterocycles. The fourth-order valence-corrected chi connectivity index (χ4v) is 2.56. The quantitative estimate of drug-likeness (QED) is 0.746. The van der Waals surface area contributed by atoms with E-state index in [1.54, 1.807) is 0 Å². The molecule has 0 radical (unpaired) electrons. The van der Waals surface area contributed by atoms with Gasteiger partial charge in [0.15, 0.2) is 0 Å². The number of hydrogen-bond donors (Lipinski definition) is 1. The molecular formula is C13H24N2O3. The Hall–Kier alpha value is -0.650. The lowest BCUT2D eigenvalue weighted by Crippen LogP contribution is -2.38. The van der Waals surface area contributed by atoms with E-state index < -0.39 is 0 Å². The van der Waals surface area contributed by atoms with Crippen molar-refractivity contribution >= 4 is 5.97 Å². The van der Waals surface area contributed by atoms with Crippen molar-refractivity contribution in [1.82, 2.24) is 4.90 Å². The summed E-state index contributed by atoms with van der Waals surface area (Å²) in [5, 5.41) is 0. The molecule has 0 unspecified atom stereocenters. The summed E-state index contributed by atoms with van der Waals surface area (Å²) in [4.78, 5) is 14.0. The van der Waals surface area contributed by atoms with Crippen LogP contribution in [0.3, 0.4) is 0 Å². The highest BCUT2D eigenvalue weighted by Crippen LogP contribution is 2.18. The molecule has 5 nitrogen and oxygen atoms in total. The normalized spacial score (nSPS) is 24.1. The maximum absolute atomic E-state index is 11.8. The van der Waals surface area contributed by atoms with Crippen molar-refractivity contribution in [3.8, 4) is 0 Å². The Labute approximate surface area is 109 Å². The molecular weight excluding hydrogens is 232 g/mol. The van der Waals surface area contributed by atoms with E-state index in [1.807, 2.05) is 0 Å². The van der Waals surface area contributed by atoms with Crippen molar-refractivity contribution in [1.29, 1.82) is 0 Å². The third-order valence-corrected chi connectivity index (χ3v) is 3.98. The van der Waals surface area contributed by atoms with Gasteiger partial charge in [-0.3, -0.25) is 9.69 Å². The van der Waals surface area contributed by atoms with Gasteiger partial charge in [0.2, 0.25) is 0 Å². The monoisotopic (exact) mass is 256 g/mol. The number of hydrogen-bond acceptors (Lipinski definition) is 5. The summed E-state index contributed by atoms with van der Waals surface area (Å²) in [6.45, 7) is 4.55. The minimum Gasteiger partial charge on any atom is -0.449 e. The molecule has 104 valence electrons. The largest absolute Gasteiger partial charge is 0.449 e. The van der Waals surface area contributed by atoms with Crippen LogP contribution in [0.1, 0.15) is 25.7 Å². The van der Waals surface area contributed by atoms with E-state index in [2.05, 4.69) is 4.90 Å². The predicted octanol–water partition coefficient (Wildman–Crippen LogP) is 0.584. The molecule has 0 atom stereocenters. The van der Waals surface area contributed by atoms with E-state index in [4.69, 9.17) is 15.2 Å². The molecule has 2 rings (SSSR count).